The third-order valence-electron chi connectivity index (χ3n) is 5.22. The molecule has 0 unspecified atom stereocenters. The van der Waals surface area contributed by atoms with Crippen molar-refractivity contribution in [2.24, 2.45) is 5.92 Å². The van der Waals surface area contributed by atoms with Gasteiger partial charge in [0.05, 0.1) is 17.9 Å². The molecule has 0 N–H and O–H groups in total. The van der Waals surface area contributed by atoms with Crippen molar-refractivity contribution in [3.63, 3.8) is 0 Å². The van der Waals surface area contributed by atoms with Gasteiger partial charge in [-0.15, -0.1) is 0 Å². The number of carbonyl (C=O) groups is 1. The van der Waals surface area contributed by atoms with E-state index in [-0.39, 0.29) is 29.9 Å². The molecule has 0 amide bonds. The minimum absolute atomic E-state index is 0.158. The number of nitrogens with zero attached hydrogens (tertiary/aromatic N) is 1. The number of rotatable bonds is 5. The summed E-state index contributed by atoms with van der Waals surface area (Å²) >= 11 is 0. The highest BCUT2D eigenvalue weighted by Crippen LogP contribution is 2.34. The van der Waals surface area contributed by atoms with Crippen LogP contribution in [0.5, 0.6) is 23.0 Å². The van der Waals surface area contributed by atoms with Crippen LogP contribution in [-0.2, 0) is 14.8 Å². The summed E-state index contributed by atoms with van der Waals surface area (Å²) in [5.74, 6) is 1.38. The number of methoxy groups -OCH3 is 1. The van der Waals surface area contributed by atoms with Gasteiger partial charge >= 0.3 is 5.97 Å². The SMILES string of the molecule is COc1ccc(OC(=O)C2CCN(S(=O)(=O)c3ccc4c(c3)OCCO4)CC2)cc1. The number of hydrogen-bond acceptors (Lipinski definition) is 7. The zero-order valence-corrected chi connectivity index (χ0v) is 17.4. The van der Waals surface area contributed by atoms with Gasteiger partial charge in [-0.2, -0.15) is 4.31 Å². The van der Waals surface area contributed by atoms with Gasteiger partial charge in [0.1, 0.15) is 24.7 Å². The number of hydrogen-bond donors (Lipinski definition) is 0. The summed E-state index contributed by atoms with van der Waals surface area (Å²) < 4.78 is 48.9. The highest BCUT2D eigenvalue weighted by atomic mass is 32.2. The lowest BCUT2D eigenvalue weighted by Crippen LogP contribution is -2.41. The van der Waals surface area contributed by atoms with Crippen LogP contribution < -0.4 is 18.9 Å². The minimum atomic E-state index is -3.68. The summed E-state index contributed by atoms with van der Waals surface area (Å²) in [4.78, 5) is 12.6. The second kappa shape index (κ2) is 8.53. The Morgan fingerprint density at radius 2 is 1.60 bits per heavy atom. The first-order valence-corrected chi connectivity index (χ1v) is 11.2. The lowest BCUT2D eigenvalue weighted by Gasteiger charge is -2.30. The van der Waals surface area contributed by atoms with Crippen LogP contribution in [0.4, 0.5) is 0 Å². The van der Waals surface area contributed by atoms with Crippen molar-refractivity contribution in [2.75, 3.05) is 33.4 Å². The molecule has 30 heavy (non-hydrogen) atoms. The Bertz CT molecular complexity index is 1010. The molecule has 2 aromatic rings. The maximum Gasteiger partial charge on any atom is 0.314 e. The lowest BCUT2D eigenvalue weighted by molar-refractivity contribution is -0.140. The summed E-state index contributed by atoms with van der Waals surface area (Å²) in [6.45, 7) is 1.33. The third-order valence-corrected chi connectivity index (χ3v) is 7.11. The summed E-state index contributed by atoms with van der Waals surface area (Å²) in [7, 11) is -2.12. The molecule has 8 nitrogen and oxygen atoms in total. The monoisotopic (exact) mass is 433 g/mol. The van der Waals surface area contributed by atoms with Crippen LogP contribution in [0.2, 0.25) is 0 Å². The van der Waals surface area contributed by atoms with Gasteiger partial charge in [0.2, 0.25) is 10.0 Å². The Kier molecular flexibility index (Phi) is 5.83. The van der Waals surface area contributed by atoms with Crippen molar-refractivity contribution in [2.45, 2.75) is 17.7 Å². The molecule has 2 aliphatic heterocycles. The van der Waals surface area contributed by atoms with Gasteiger partial charge in [-0.25, -0.2) is 8.42 Å². The van der Waals surface area contributed by atoms with Crippen LogP contribution in [0.25, 0.3) is 0 Å². The fourth-order valence-corrected chi connectivity index (χ4v) is 4.99. The average Bonchev–Trinajstić information content (AvgIpc) is 2.79. The summed E-state index contributed by atoms with van der Waals surface area (Å²) in [5, 5.41) is 0. The Morgan fingerprint density at radius 1 is 0.967 bits per heavy atom. The lowest BCUT2D eigenvalue weighted by atomic mass is 9.98. The van der Waals surface area contributed by atoms with E-state index in [0.717, 1.165) is 0 Å². The topological polar surface area (TPSA) is 91.4 Å². The third kappa shape index (κ3) is 4.22. The number of esters is 1. The minimum Gasteiger partial charge on any atom is -0.497 e. The molecule has 1 saturated heterocycles. The van der Waals surface area contributed by atoms with Gasteiger partial charge in [-0.1, -0.05) is 0 Å². The van der Waals surface area contributed by atoms with Crippen molar-refractivity contribution >= 4 is 16.0 Å². The van der Waals surface area contributed by atoms with Crippen molar-refractivity contribution in [1.82, 2.24) is 4.31 Å². The van der Waals surface area contributed by atoms with Gasteiger partial charge in [0, 0.05) is 19.2 Å². The van der Waals surface area contributed by atoms with E-state index in [9.17, 15) is 13.2 Å². The average molecular weight is 433 g/mol. The van der Waals surface area contributed by atoms with Gasteiger partial charge in [-0.3, -0.25) is 4.79 Å². The predicted molar refractivity (Wildman–Crippen MR) is 108 cm³/mol. The summed E-state index contributed by atoms with van der Waals surface area (Å²) in [6, 6.07) is 11.4. The molecular weight excluding hydrogens is 410 g/mol. The molecule has 0 bridgehead atoms. The molecule has 2 aliphatic rings. The molecule has 1 fully saturated rings. The normalized spacial score (nSPS) is 17.4. The predicted octanol–water partition coefficient (Wildman–Crippen LogP) is 2.47. The number of fused-ring (bicyclic) bond motifs is 1. The standard InChI is InChI=1S/C21H23NO7S/c1-26-16-2-4-17(5-3-16)29-21(23)15-8-10-22(11-9-15)30(24,25)18-6-7-19-20(14-18)28-13-12-27-19/h2-7,14-15H,8-13H2,1H3. The highest BCUT2D eigenvalue weighted by molar-refractivity contribution is 7.89. The van der Waals surface area contributed by atoms with Crippen LogP contribution in [0, 0.1) is 5.92 Å². The summed E-state index contributed by atoms with van der Waals surface area (Å²) in [6.07, 6.45) is 0.803. The smallest absolute Gasteiger partial charge is 0.314 e. The molecule has 160 valence electrons. The fourth-order valence-electron chi connectivity index (χ4n) is 3.51. The molecule has 4 rings (SSSR count). The number of sulfonamides is 1. The Balaban J connectivity index is 1.38. The first-order valence-electron chi connectivity index (χ1n) is 9.73. The Morgan fingerprint density at radius 3 is 2.27 bits per heavy atom. The van der Waals surface area contributed by atoms with Crippen LogP contribution >= 0.6 is 0 Å². The zero-order valence-electron chi connectivity index (χ0n) is 16.6. The summed E-state index contributed by atoms with van der Waals surface area (Å²) in [5.41, 5.74) is 0. The molecular formula is C21H23NO7S. The van der Waals surface area contributed by atoms with Crippen LogP contribution in [0.3, 0.4) is 0 Å². The fraction of sp³-hybridized carbons (Fsp3) is 0.381. The molecule has 2 aromatic carbocycles. The Labute approximate surface area is 175 Å². The quantitative estimate of drug-likeness (QED) is 0.528. The number of benzene rings is 2. The van der Waals surface area contributed by atoms with Gasteiger partial charge in [0.15, 0.2) is 11.5 Å². The number of ether oxygens (including phenoxy) is 4. The van der Waals surface area contributed by atoms with E-state index in [2.05, 4.69) is 0 Å². The first kappa shape index (κ1) is 20.5. The van der Waals surface area contributed by atoms with E-state index < -0.39 is 10.0 Å². The maximum absolute atomic E-state index is 13.0. The molecule has 0 atom stereocenters. The zero-order chi connectivity index (χ0) is 21.1. The molecule has 0 spiro atoms. The van der Waals surface area contributed by atoms with Gasteiger partial charge < -0.3 is 18.9 Å². The van der Waals surface area contributed by atoms with Gasteiger partial charge in [-0.05, 0) is 49.2 Å². The molecule has 0 saturated carbocycles. The maximum atomic E-state index is 13.0. The first-order chi connectivity index (χ1) is 14.5. The van der Waals surface area contributed by atoms with Crippen molar-refractivity contribution in [3.8, 4) is 23.0 Å². The van der Waals surface area contributed by atoms with Crippen LogP contribution in [0.1, 0.15) is 12.8 Å². The second-order valence-corrected chi connectivity index (χ2v) is 9.02. The van der Waals surface area contributed by atoms with E-state index in [1.54, 1.807) is 37.4 Å². The molecule has 0 aliphatic carbocycles. The molecule has 2 heterocycles. The Hall–Kier alpha value is -2.78. The van der Waals surface area contributed by atoms with Crippen LogP contribution in [-0.4, -0.2) is 52.1 Å². The molecule has 0 aromatic heterocycles. The van der Waals surface area contributed by atoms with E-state index >= 15 is 0 Å². The molecule has 9 heteroatoms. The second-order valence-electron chi connectivity index (χ2n) is 7.08. The van der Waals surface area contributed by atoms with E-state index in [0.29, 0.717) is 49.1 Å². The molecule has 0 radical (unpaired) electrons. The highest BCUT2D eigenvalue weighted by Gasteiger charge is 2.33. The number of piperidine rings is 1. The van der Waals surface area contributed by atoms with Crippen LogP contribution in [0.15, 0.2) is 47.4 Å². The van der Waals surface area contributed by atoms with Crippen molar-refractivity contribution in [3.05, 3.63) is 42.5 Å². The van der Waals surface area contributed by atoms with Gasteiger partial charge in [0.25, 0.3) is 0 Å². The van der Waals surface area contributed by atoms with E-state index in [1.807, 2.05) is 0 Å². The van der Waals surface area contributed by atoms with Crippen molar-refractivity contribution < 1.29 is 32.2 Å². The van der Waals surface area contributed by atoms with E-state index in [4.69, 9.17) is 18.9 Å². The van der Waals surface area contributed by atoms with E-state index in [1.165, 1.54) is 16.4 Å². The number of carbonyl (C=O) groups excluding carboxylic acids is 1. The van der Waals surface area contributed by atoms with Crippen molar-refractivity contribution in [1.29, 1.82) is 0 Å². The largest absolute Gasteiger partial charge is 0.497 e.